The topological polar surface area (TPSA) is 119 Å². The van der Waals surface area contributed by atoms with Crippen molar-refractivity contribution in [3.8, 4) is 11.5 Å². The van der Waals surface area contributed by atoms with Crippen LogP contribution in [0.25, 0.3) is 11.4 Å². The van der Waals surface area contributed by atoms with Crippen molar-refractivity contribution in [2.24, 2.45) is 0 Å². The van der Waals surface area contributed by atoms with Crippen molar-refractivity contribution in [1.29, 1.82) is 0 Å². The van der Waals surface area contributed by atoms with E-state index < -0.39 is 17.7 Å². The van der Waals surface area contributed by atoms with Crippen molar-refractivity contribution >= 4 is 51.3 Å². The summed E-state index contributed by atoms with van der Waals surface area (Å²) >= 11 is 2.37. The number of carbonyl (C=O) groups is 2. The predicted octanol–water partition coefficient (Wildman–Crippen LogP) is 7.13. The Morgan fingerprint density at radius 2 is 1.85 bits per heavy atom. The number of imidazole rings is 1. The number of pyridine rings is 1. The number of amides is 1. The van der Waals surface area contributed by atoms with Crippen LogP contribution >= 0.6 is 23.1 Å². The first-order chi connectivity index (χ1) is 22.8. The molecule has 1 aliphatic heterocycles. The van der Waals surface area contributed by atoms with Crippen molar-refractivity contribution in [3.05, 3.63) is 101 Å². The molecule has 0 radical (unpaired) electrons. The van der Waals surface area contributed by atoms with Gasteiger partial charge in [0.15, 0.2) is 21.6 Å². The van der Waals surface area contributed by atoms with Crippen molar-refractivity contribution in [1.82, 2.24) is 19.6 Å². The van der Waals surface area contributed by atoms with Crippen LogP contribution in [0.5, 0.6) is 11.5 Å². The van der Waals surface area contributed by atoms with Crippen LogP contribution < -0.4 is 14.4 Å². The molecule has 0 saturated carbocycles. The first-order valence-electron chi connectivity index (χ1n) is 15.2. The minimum absolute atomic E-state index is 0.124. The molecule has 1 aliphatic rings. The highest BCUT2D eigenvalue weighted by Gasteiger charge is 2.49. The van der Waals surface area contributed by atoms with E-state index in [9.17, 15) is 19.1 Å². The van der Waals surface area contributed by atoms with E-state index in [0.29, 0.717) is 63.0 Å². The summed E-state index contributed by atoms with van der Waals surface area (Å²) in [5, 5.41) is 20.5. The predicted molar refractivity (Wildman–Crippen MR) is 179 cm³/mol. The monoisotopic (exact) mass is 673 g/mol. The molecule has 4 heterocycles. The number of hydrogen-bond donors (Lipinski definition) is 1. The maximum Gasteiger partial charge on any atom is 0.301 e. The van der Waals surface area contributed by atoms with Gasteiger partial charge in [0.05, 0.1) is 30.5 Å². The molecule has 1 saturated heterocycles. The van der Waals surface area contributed by atoms with Gasteiger partial charge in [-0.25, -0.2) is 9.37 Å². The number of thioether (sulfide) groups is 1. The Morgan fingerprint density at radius 3 is 2.64 bits per heavy atom. The molecule has 1 amide bonds. The third kappa shape index (κ3) is 6.32. The fraction of sp³-hybridized carbons (Fsp3) is 0.265. The molecule has 47 heavy (non-hydrogen) atoms. The van der Waals surface area contributed by atoms with Crippen LogP contribution in [0.3, 0.4) is 0 Å². The van der Waals surface area contributed by atoms with E-state index in [1.54, 1.807) is 66.1 Å². The average molecular weight is 674 g/mol. The van der Waals surface area contributed by atoms with Gasteiger partial charge in [-0.1, -0.05) is 66.8 Å². The van der Waals surface area contributed by atoms with Crippen LogP contribution in [-0.4, -0.2) is 49.6 Å². The first kappa shape index (κ1) is 32.2. The molecule has 0 bridgehead atoms. The number of aliphatic hydroxyl groups excluding tert-OH is 1. The lowest BCUT2D eigenvalue weighted by atomic mass is 9.96. The van der Waals surface area contributed by atoms with Crippen LogP contribution in [-0.2, 0) is 15.3 Å². The second-order valence-corrected chi connectivity index (χ2v) is 12.9. The molecule has 0 spiro atoms. The zero-order chi connectivity index (χ0) is 33.1. The average Bonchev–Trinajstić information content (AvgIpc) is 3.74. The number of carbonyl (C=O) groups excluding carboxylic acids is 2. The minimum Gasteiger partial charge on any atom is -0.505 e. The molecule has 13 heteroatoms. The quantitative estimate of drug-likeness (QED) is 0.0368. The SMILES string of the molecule is CCCCOc1ccc(C2/C(=C(\O)c3c(C)nc4ccccn34)C(=O)C(=O)N2c2nnc(SCc3ccccc3F)s2)cc1OCC. The van der Waals surface area contributed by atoms with Gasteiger partial charge < -0.3 is 14.6 Å². The molecule has 1 N–H and O–H groups in total. The summed E-state index contributed by atoms with van der Waals surface area (Å²) in [5.74, 6) is -1.18. The van der Waals surface area contributed by atoms with Gasteiger partial charge in [-0.2, -0.15) is 0 Å². The van der Waals surface area contributed by atoms with Gasteiger partial charge in [-0.15, -0.1) is 10.2 Å². The highest BCUT2D eigenvalue weighted by molar-refractivity contribution is 8.00. The first-order valence-corrected chi connectivity index (χ1v) is 17.0. The largest absolute Gasteiger partial charge is 0.505 e. The zero-order valence-electron chi connectivity index (χ0n) is 26.0. The molecule has 3 aromatic heterocycles. The lowest BCUT2D eigenvalue weighted by Crippen LogP contribution is -2.29. The van der Waals surface area contributed by atoms with Crippen LogP contribution in [0.2, 0.25) is 0 Å². The third-order valence-electron chi connectivity index (χ3n) is 7.62. The molecule has 2 aromatic carbocycles. The number of unbranched alkanes of at least 4 members (excludes halogenated alkanes) is 1. The highest BCUT2D eigenvalue weighted by Crippen LogP contribution is 2.46. The van der Waals surface area contributed by atoms with Crippen LogP contribution in [0.1, 0.15) is 55.2 Å². The van der Waals surface area contributed by atoms with Crippen molar-refractivity contribution < 1.29 is 28.6 Å². The van der Waals surface area contributed by atoms with Gasteiger partial charge in [-0.05, 0) is 61.7 Å². The lowest BCUT2D eigenvalue weighted by Gasteiger charge is -2.23. The summed E-state index contributed by atoms with van der Waals surface area (Å²) in [5.41, 5.74) is 2.23. The molecule has 1 fully saturated rings. The number of aliphatic hydroxyl groups is 1. The van der Waals surface area contributed by atoms with Gasteiger partial charge in [0, 0.05) is 11.9 Å². The van der Waals surface area contributed by atoms with Gasteiger partial charge in [0.25, 0.3) is 5.78 Å². The number of hydrogen-bond acceptors (Lipinski definition) is 10. The number of nitrogens with zero attached hydrogens (tertiary/aromatic N) is 5. The van der Waals surface area contributed by atoms with E-state index in [4.69, 9.17) is 9.47 Å². The van der Waals surface area contributed by atoms with E-state index >= 15 is 0 Å². The number of benzene rings is 2. The summed E-state index contributed by atoms with van der Waals surface area (Å²) < 4.78 is 28.3. The van der Waals surface area contributed by atoms with Gasteiger partial charge in [-0.3, -0.25) is 18.9 Å². The molecule has 10 nitrogen and oxygen atoms in total. The summed E-state index contributed by atoms with van der Waals surface area (Å²) in [6.07, 6.45) is 3.55. The Labute approximate surface area is 278 Å². The molecule has 1 atom stereocenters. The van der Waals surface area contributed by atoms with E-state index in [-0.39, 0.29) is 22.3 Å². The Kier molecular flexibility index (Phi) is 9.55. The molecular weight excluding hydrogens is 642 g/mol. The van der Waals surface area contributed by atoms with E-state index in [1.807, 2.05) is 13.0 Å². The maximum atomic E-state index is 14.2. The van der Waals surface area contributed by atoms with Crippen LogP contribution in [0.4, 0.5) is 9.52 Å². The maximum absolute atomic E-state index is 14.2. The molecule has 6 rings (SSSR count). The summed E-state index contributed by atoms with van der Waals surface area (Å²) in [6, 6.07) is 16.0. The number of anilines is 1. The lowest BCUT2D eigenvalue weighted by molar-refractivity contribution is -0.132. The van der Waals surface area contributed by atoms with E-state index in [0.717, 1.165) is 24.2 Å². The second kappa shape index (κ2) is 13.9. The molecule has 0 aliphatic carbocycles. The van der Waals surface area contributed by atoms with Crippen LogP contribution in [0, 0.1) is 12.7 Å². The smallest absolute Gasteiger partial charge is 0.301 e. The Balaban J connectivity index is 1.46. The van der Waals surface area contributed by atoms with Crippen LogP contribution in [0.15, 0.2) is 76.8 Å². The van der Waals surface area contributed by atoms with Gasteiger partial charge in [0.1, 0.15) is 17.2 Å². The minimum atomic E-state index is -1.08. The number of aromatic nitrogens is 4. The Morgan fingerprint density at radius 1 is 1.04 bits per heavy atom. The number of ether oxygens (including phenoxy) is 2. The zero-order valence-corrected chi connectivity index (χ0v) is 27.6. The van der Waals surface area contributed by atoms with Gasteiger partial charge in [0.2, 0.25) is 5.13 Å². The van der Waals surface area contributed by atoms with Crippen molar-refractivity contribution in [3.63, 3.8) is 0 Å². The van der Waals surface area contributed by atoms with Crippen molar-refractivity contribution in [2.45, 2.75) is 49.7 Å². The Hall–Kier alpha value is -4.75. The number of fused-ring (bicyclic) bond motifs is 1. The molecule has 242 valence electrons. The Bertz CT molecular complexity index is 1990. The number of rotatable bonds is 12. The second-order valence-electron chi connectivity index (χ2n) is 10.7. The normalized spacial score (nSPS) is 15.9. The highest BCUT2D eigenvalue weighted by atomic mass is 32.2. The molecule has 1 unspecified atom stereocenters. The standard InChI is InChI=1S/C34H32FN5O5S2/c1-4-6-17-45-24-15-14-21(18-25(24)44-5-2)29-27(30(41)28-20(3)36-26-13-9-10-16-39(26)28)31(42)32(43)40(29)33-37-38-34(47-33)46-19-22-11-7-8-12-23(22)35/h7-16,18,29,41H,4-6,17,19H2,1-3H3/b30-27+. The molecular formula is C34H32FN5O5S2. The van der Waals surface area contributed by atoms with Crippen molar-refractivity contribution in [2.75, 3.05) is 18.1 Å². The van der Waals surface area contributed by atoms with Gasteiger partial charge >= 0.3 is 5.91 Å². The van der Waals surface area contributed by atoms with E-state index in [2.05, 4.69) is 22.1 Å². The number of ketones is 1. The fourth-order valence-corrected chi connectivity index (χ4v) is 7.25. The molecule has 5 aromatic rings. The fourth-order valence-electron chi connectivity index (χ4n) is 5.39. The summed E-state index contributed by atoms with van der Waals surface area (Å²) in [7, 11) is 0. The van der Waals surface area contributed by atoms with E-state index in [1.165, 1.54) is 22.7 Å². The third-order valence-corrected chi connectivity index (χ3v) is 9.73. The number of halogens is 1. The summed E-state index contributed by atoms with van der Waals surface area (Å²) in [6.45, 7) is 6.51. The summed E-state index contributed by atoms with van der Waals surface area (Å²) in [4.78, 5) is 33.5. The number of aryl methyl sites for hydroxylation is 1. The number of Topliss-reactive ketones (excluding diaryl/α,β-unsaturated/α-hetero) is 1.